The molecule has 0 radical (unpaired) electrons. The van der Waals surface area contributed by atoms with Crippen molar-refractivity contribution in [3.63, 3.8) is 0 Å². The minimum absolute atomic E-state index is 0.148. The summed E-state index contributed by atoms with van der Waals surface area (Å²) >= 11 is 1.94. The molecular formula is C20H32N4OS. The zero-order valence-corrected chi connectivity index (χ0v) is 16.8. The van der Waals surface area contributed by atoms with Gasteiger partial charge in [0.05, 0.1) is 0 Å². The van der Waals surface area contributed by atoms with Crippen LogP contribution in [0.3, 0.4) is 0 Å². The molecule has 4 rings (SSSR count). The van der Waals surface area contributed by atoms with Crippen molar-refractivity contribution < 1.29 is 4.79 Å². The van der Waals surface area contributed by atoms with E-state index >= 15 is 0 Å². The van der Waals surface area contributed by atoms with E-state index in [-0.39, 0.29) is 5.91 Å². The fraction of sp³-hybridized carbons (Fsp3) is 0.800. The summed E-state index contributed by atoms with van der Waals surface area (Å²) in [5.74, 6) is 3.10. The van der Waals surface area contributed by atoms with Gasteiger partial charge in [-0.1, -0.05) is 19.3 Å². The van der Waals surface area contributed by atoms with Gasteiger partial charge in [-0.25, -0.2) is 0 Å². The molecule has 3 aliphatic rings. The number of aromatic nitrogens is 2. The zero-order valence-electron chi connectivity index (χ0n) is 16.0. The number of nitrogens with zero attached hydrogens (tertiary/aromatic N) is 3. The number of aryl methyl sites for hydroxylation is 1. The van der Waals surface area contributed by atoms with Crippen LogP contribution in [-0.4, -0.2) is 57.8 Å². The molecule has 0 bridgehead atoms. The molecule has 144 valence electrons. The van der Waals surface area contributed by atoms with Gasteiger partial charge in [0.25, 0.3) is 5.91 Å². The van der Waals surface area contributed by atoms with Gasteiger partial charge in [0.2, 0.25) is 0 Å². The van der Waals surface area contributed by atoms with Crippen molar-refractivity contribution in [2.75, 3.05) is 31.1 Å². The molecule has 0 aromatic carbocycles. The summed E-state index contributed by atoms with van der Waals surface area (Å²) in [4.78, 5) is 15.0. The molecule has 1 saturated carbocycles. The van der Waals surface area contributed by atoms with Gasteiger partial charge in [-0.15, -0.1) is 0 Å². The Morgan fingerprint density at radius 1 is 1.19 bits per heavy atom. The summed E-state index contributed by atoms with van der Waals surface area (Å²) in [5.41, 5.74) is 3.21. The first-order valence-electron chi connectivity index (χ1n) is 10.4. The minimum atomic E-state index is 0.148. The number of carbonyl (C=O) groups is 1. The number of hydrogen-bond donors (Lipinski definition) is 1. The average molecular weight is 377 g/mol. The van der Waals surface area contributed by atoms with Crippen molar-refractivity contribution in [1.82, 2.24) is 20.0 Å². The van der Waals surface area contributed by atoms with Gasteiger partial charge in [0.15, 0.2) is 5.69 Å². The van der Waals surface area contributed by atoms with E-state index in [1.807, 2.05) is 28.4 Å². The van der Waals surface area contributed by atoms with Crippen molar-refractivity contribution in [3.05, 3.63) is 17.0 Å². The summed E-state index contributed by atoms with van der Waals surface area (Å²) in [6, 6.07) is 0.497. The topological polar surface area (TPSA) is 50.2 Å². The summed E-state index contributed by atoms with van der Waals surface area (Å²) in [6.45, 7) is 2.86. The number of amides is 1. The van der Waals surface area contributed by atoms with Crippen LogP contribution >= 0.6 is 11.8 Å². The number of thioether (sulfide) groups is 1. The Morgan fingerprint density at radius 3 is 2.73 bits per heavy atom. The van der Waals surface area contributed by atoms with E-state index in [0.717, 1.165) is 62.0 Å². The highest BCUT2D eigenvalue weighted by molar-refractivity contribution is 7.99. The van der Waals surface area contributed by atoms with E-state index in [1.165, 1.54) is 43.4 Å². The highest BCUT2D eigenvalue weighted by Gasteiger charge is 2.31. The van der Waals surface area contributed by atoms with Crippen LogP contribution in [-0.2, 0) is 19.9 Å². The first kappa shape index (κ1) is 18.4. The third-order valence-corrected chi connectivity index (χ3v) is 7.32. The standard InChI is InChI=1S/C20H32N4OS/c1-23-18-8-7-16(21-14-15-5-3-2-4-6-15)13-17(18)19(22-23)20(25)24-9-11-26-12-10-24/h15-16,21H,2-14H2,1H3. The maximum atomic E-state index is 13.0. The van der Waals surface area contributed by atoms with Crippen LogP contribution in [0, 0.1) is 5.92 Å². The predicted molar refractivity (Wildman–Crippen MR) is 107 cm³/mol. The van der Waals surface area contributed by atoms with E-state index in [4.69, 9.17) is 0 Å². The lowest BCUT2D eigenvalue weighted by Gasteiger charge is -2.29. The summed E-state index contributed by atoms with van der Waals surface area (Å²) in [6.07, 6.45) is 10.1. The quantitative estimate of drug-likeness (QED) is 0.878. The number of rotatable bonds is 4. The fourth-order valence-corrected chi connectivity index (χ4v) is 5.68. The first-order valence-corrected chi connectivity index (χ1v) is 11.5. The molecule has 2 fully saturated rings. The molecule has 1 saturated heterocycles. The number of hydrogen-bond acceptors (Lipinski definition) is 4. The maximum Gasteiger partial charge on any atom is 0.274 e. The van der Waals surface area contributed by atoms with Gasteiger partial charge in [-0.05, 0) is 44.6 Å². The van der Waals surface area contributed by atoms with E-state index < -0.39 is 0 Å². The van der Waals surface area contributed by atoms with Gasteiger partial charge in [0, 0.05) is 48.9 Å². The van der Waals surface area contributed by atoms with Crippen molar-refractivity contribution in [1.29, 1.82) is 0 Å². The Bertz CT molecular complexity index is 632. The number of carbonyl (C=O) groups excluding carboxylic acids is 1. The maximum absolute atomic E-state index is 13.0. The van der Waals surface area contributed by atoms with Crippen LogP contribution in [0.1, 0.15) is 60.3 Å². The Hall–Kier alpha value is -1.01. The van der Waals surface area contributed by atoms with Crippen LogP contribution in [0.25, 0.3) is 0 Å². The van der Waals surface area contributed by atoms with Crippen molar-refractivity contribution in [3.8, 4) is 0 Å². The molecule has 1 aliphatic heterocycles. The third kappa shape index (κ3) is 3.96. The lowest BCUT2D eigenvalue weighted by atomic mass is 9.87. The van der Waals surface area contributed by atoms with E-state index in [1.54, 1.807) is 0 Å². The Labute approximate surface area is 161 Å². The summed E-state index contributed by atoms with van der Waals surface area (Å²) < 4.78 is 1.96. The molecule has 1 aromatic heterocycles. The van der Waals surface area contributed by atoms with Crippen LogP contribution in [0.15, 0.2) is 0 Å². The highest BCUT2D eigenvalue weighted by Crippen LogP contribution is 2.27. The molecular weight excluding hydrogens is 344 g/mol. The molecule has 6 heteroatoms. The SMILES string of the molecule is Cn1nc(C(=O)N2CCSCC2)c2c1CCC(NCC1CCCCC1)C2. The minimum Gasteiger partial charge on any atom is -0.336 e. The average Bonchev–Trinajstić information content (AvgIpc) is 3.03. The van der Waals surface area contributed by atoms with Crippen LogP contribution in [0.5, 0.6) is 0 Å². The van der Waals surface area contributed by atoms with Gasteiger partial charge in [-0.3, -0.25) is 9.48 Å². The van der Waals surface area contributed by atoms with Gasteiger partial charge in [-0.2, -0.15) is 16.9 Å². The van der Waals surface area contributed by atoms with Crippen LogP contribution in [0.4, 0.5) is 0 Å². The Morgan fingerprint density at radius 2 is 1.96 bits per heavy atom. The smallest absolute Gasteiger partial charge is 0.274 e. The van der Waals surface area contributed by atoms with E-state index in [0.29, 0.717) is 6.04 Å². The highest BCUT2D eigenvalue weighted by atomic mass is 32.2. The largest absolute Gasteiger partial charge is 0.336 e. The second kappa shape index (κ2) is 8.34. The van der Waals surface area contributed by atoms with Crippen molar-refractivity contribution in [2.24, 2.45) is 13.0 Å². The van der Waals surface area contributed by atoms with Crippen molar-refractivity contribution >= 4 is 17.7 Å². The lowest BCUT2D eigenvalue weighted by Crippen LogP contribution is -2.40. The van der Waals surface area contributed by atoms with Gasteiger partial charge in [0.1, 0.15) is 0 Å². The zero-order chi connectivity index (χ0) is 17.9. The second-order valence-corrected chi connectivity index (χ2v) is 9.38. The molecule has 5 nitrogen and oxygen atoms in total. The van der Waals surface area contributed by atoms with Crippen LogP contribution in [0.2, 0.25) is 0 Å². The monoisotopic (exact) mass is 376 g/mol. The molecule has 2 aliphatic carbocycles. The van der Waals surface area contributed by atoms with Crippen molar-refractivity contribution in [2.45, 2.75) is 57.4 Å². The van der Waals surface area contributed by atoms with E-state index in [9.17, 15) is 4.79 Å². The third-order valence-electron chi connectivity index (χ3n) is 6.38. The normalized spacial score (nSPS) is 24.5. The summed E-state index contributed by atoms with van der Waals surface area (Å²) in [5, 5.41) is 8.46. The lowest BCUT2D eigenvalue weighted by molar-refractivity contribution is 0.0764. The number of nitrogens with one attached hydrogen (secondary N) is 1. The molecule has 1 N–H and O–H groups in total. The second-order valence-electron chi connectivity index (χ2n) is 8.15. The fourth-order valence-electron chi connectivity index (χ4n) is 4.78. The van der Waals surface area contributed by atoms with E-state index in [2.05, 4.69) is 10.4 Å². The molecule has 26 heavy (non-hydrogen) atoms. The first-order chi connectivity index (χ1) is 12.7. The Balaban J connectivity index is 1.42. The molecule has 1 amide bonds. The molecule has 2 heterocycles. The molecule has 1 unspecified atom stereocenters. The van der Waals surface area contributed by atoms with Gasteiger partial charge >= 0.3 is 0 Å². The van der Waals surface area contributed by atoms with Crippen LogP contribution < -0.4 is 5.32 Å². The predicted octanol–water partition coefficient (Wildman–Crippen LogP) is 2.64. The molecule has 0 spiro atoms. The Kier molecular flexibility index (Phi) is 5.89. The molecule has 1 aromatic rings. The number of fused-ring (bicyclic) bond motifs is 1. The summed E-state index contributed by atoms with van der Waals surface area (Å²) in [7, 11) is 2.00. The van der Waals surface area contributed by atoms with Gasteiger partial charge < -0.3 is 10.2 Å². The molecule has 1 atom stereocenters.